The summed E-state index contributed by atoms with van der Waals surface area (Å²) in [7, 11) is -4.80. The maximum absolute atomic E-state index is 13.5. The van der Waals surface area contributed by atoms with E-state index in [1.54, 1.807) is 24.3 Å². The van der Waals surface area contributed by atoms with Gasteiger partial charge in [0.15, 0.2) is 12.5 Å². The molecule has 1 heterocycles. The van der Waals surface area contributed by atoms with Crippen molar-refractivity contribution in [3.05, 3.63) is 53.1 Å². The zero-order valence-corrected chi connectivity index (χ0v) is 16.2. The van der Waals surface area contributed by atoms with Gasteiger partial charge in [-0.3, -0.25) is 4.79 Å². The third-order valence-electron chi connectivity index (χ3n) is 4.35. The Morgan fingerprint density at radius 1 is 1.10 bits per heavy atom. The van der Waals surface area contributed by atoms with Crippen molar-refractivity contribution >= 4 is 21.8 Å². The van der Waals surface area contributed by atoms with Gasteiger partial charge in [0.1, 0.15) is 4.90 Å². The van der Waals surface area contributed by atoms with Crippen LogP contribution in [0.1, 0.15) is 23.1 Å². The number of carbonyl (C=O) groups excluding carboxylic acids is 1. The van der Waals surface area contributed by atoms with Gasteiger partial charge in [-0.15, -0.1) is 5.11 Å². The molecule has 2 aromatic rings. The van der Waals surface area contributed by atoms with E-state index < -0.39 is 32.6 Å². The molecule has 4 N–H and O–H groups in total. The standard InChI is InChI=1S/C18H16F3N5O3S/c19-18(20,21)13-7-6-12(11-4-1-10(2-5-11)3-8-14(22)27)15(16(13)30(23,28)29)17-24-9-25-26-17/h1-2,4-7H,3,8-9H2,(H2,22,27)(H2,23,28,29). The number of primary amides is 1. The Morgan fingerprint density at radius 2 is 1.77 bits per heavy atom. The van der Waals surface area contributed by atoms with Crippen molar-refractivity contribution in [2.75, 3.05) is 6.67 Å². The smallest absolute Gasteiger partial charge is 0.370 e. The number of rotatable bonds is 6. The Labute approximate surface area is 169 Å². The van der Waals surface area contributed by atoms with Gasteiger partial charge in [0.05, 0.1) is 5.56 Å². The van der Waals surface area contributed by atoms with E-state index in [4.69, 9.17) is 10.9 Å². The summed E-state index contributed by atoms with van der Waals surface area (Å²) in [6, 6.07) is 8.29. The molecular formula is C18H16F3N5O3S. The Kier molecular flexibility index (Phi) is 5.72. The van der Waals surface area contributed by atoms with Crippen LogP contribution in [0.4, 0.5) is 13.2 Å². The second-order valence-corrected chi connectivity index (χ2v) is 7.93. The quantitative estimate of drug-likeness (QED) is 0.715. The van der Waals surface area contributed by atoms with Gasteiger partial charge in [-0.1, -0.05) is 30.3 Å². The summed E-state index contributed by atoms with van der Waals surface area (Å²) in [6.45, 7) is -0.138. The number of aliphatic imine (C=N–C) groups is 1. The summed E-state index contributed by atoms with van der Waals surface area (Å²) in [5.41, 5.74) is 4.69. The first-order chi connectivity index (χ1) is 14.0. The monoisotopic (exact) mass is 439 g/mol. The minimum Gasteiger partial charge on any atom is -0.370 e. The molecular weight excluding hydrogens is 423 g/mol. The van der Waals surface area contributed by atoms with Crippen LogP contribution in [0.25, 0.3) is 11.1 Å². The van der Waals surface area contributed by atoms with Gasteiger partial charge in [0.25, 0.3) is 0 Å². The summed E-state index contributed by atoms with van der Waals surface area (Å²) in [5, 5.41) is 12.5. The Morgan fingerprint density at radius 3 is 2.27 bits per heavy atom. The Balaban J connectivity index is 2.23. The number of hydrogen-bond acceptors (Lipinski definition) is 6. The number of carbonyl (C=O) groups is 1. The molecule has 0 saturated carbocycles. The van der Waals surface area contributed by atoms with Gasteiger partial charge in [-0.25, -0.2) is 18.5 Å². The zero-order valence-electron chi connectivity index (χ0n) is 15.3. The van der Waals surface area contributed by atoms with E-state index in [-0.39, 0.29) is 30.1 Å². The molecule has 0 radical (unpaired) electrons. The minimum atomic E-state index is -4.97. The lowest BCUT2D eigenvalue weighted by Crippen LogP contribution is -2.23. The maximum Gasteiger partial charge on any atom is 0.417 e. The van der Waals surface area contributed by atoms with Gasteiger partial charge >= 0.3 is 6.18 Å². The normalized spacial score (nSPS) is 14.1. The van der Waals surface area contributed by atoms with Gasteiger partial charge < -0.3 is 5.73 Å². The fourth-order valence-electron chi connectivity index (χ4n) is 3.04. The van der Waals surface area contributed by atoms with Crippen molar-refractivity contribution in [3.8, 4) is 11.1 Å². The first-order valence-electron chi connectivity index (χ1n) is 8.55. The number of nitrogens with zero attached hydrogens (tertiary/aromatic N) is 3. The molecule has 12 heteroatoms. The van der Waals surface area contributed by atoms with Gasteiger partial charge in [-0.05, 0) is 29.2 Å². The topological polar surface area (TPSA) is 140 Å². The lowest BCUT2D eigenvalue weighted by Gasteiger charge is -2.18. The number of sulfonamides is 1. The van der Waals surface area contributed by atoms with E-state index in [0.29, 0.717) is 18.1 Å². The molecule has 158 valence electrons. The van der Waals surface area contributed by atoms with Crippen molar-refractivity contribution in [2.45, 2.75) is 23.9 Å². The number of aryl methyl sites for hydroxylation is 1. The lowest BCUT2D eigenvalue weighted by molar-refractivity contribution is -0.139. The molecule has 2 aromatic carbocycles. The molecule has 8 nitrogen and oxygen atoms in total. The number of amidine groups is 1. The van der Waals surface area contributed by atoms with E-state index in [2.05, 4.69) is 15.2 Å². The fraction of sp³-hybridized carbons (Fsp3) is 0.222. The van der Waals surface area contributed by atoms with Crippen LogP contribution in [0, 0.1) is 0 Å². The van der Waals surface area contributed by atoms with E-state index in [1.165, 1.54) is 0 Å². The highest BCUT2D eigenvalue weighted by Crippen LogP contribution is 2.40. The van der Waals surface area contributed by atoms with Crippen LogP contribution in [-0.4, -0.2) is 26.8 Å². The van der Waals surface area contributed by atoms with E-state index in [1.807, 2.05) is 0 Å². The SMILES string of the molecule is NC(=O)CCc1ccc(-c2ccc(C(F)(F)F)c(S(N)(=O)=O)c2C2=NCN=N2)cc1. The van der Waals surface area contributed by atoms with Crippen LogP contribution in [-0.2, 0) is 27.4 Å². The molecule has 0 saturated heterocycles. The van der Waals surface area contributed by atoms with Gasteiger partial charge in [0.2, 0.25) is 15.9 Å². The maximum atomic E-state index is 13.5. The molecule has 0 bridgehead atoms. The third kappa shape index (κ3) is 4.54. The molecule has 0 unspecified atom stereocenters. The number of azo groups is 1. The molecule has 0 atom stereocenters. The number of hydrogen-bond donors (Lipinski definition) is 2. The highest BCUT2D eigenvalue weighted by atomic mass is 32.2. The number of nitrogens with two attached hydrogens (primary N) is 2. The molecule has 0 aromatic heterocycles. The first kappa shape index (κ1) is 21.6. The molecule has 1 aliphatic heterocycles. The minimum absolute atomic E-state index is 0.137. The second kappa shape index (κ2) is 7.95. The fourth-order valence-corrected chi connectivity index (χ4v) is 4.02. The lowest BCUT2D eigenvalue weighted by atomic mass is 9.95. The molecule has 30 heavy (non-hydrogen) atoms. The van der Waals surface area contributed by atoms with Crippen LogP contribution in [0.15, 0.2) is 56.5 Å². The average Bonchev–Trinajstić information content (AvgIpc) is 3.18. The average molecular weight is 439 g/mol. The van der Waals surface area contributed by atoms with Crippen LogP contribution in [0.3, 0.4) is 0 Å². The van der Waals surface area contributed by atoms with Crippen molar-refractivity contribution in [2.24, 2.45) is 26.1 Å². The van der Waals surface area contributed by atoms with E-state index in [9.17, 15) is 26.4 Å². The predicted molar refractivity (Wildman–Crippen MR) is 102 cm³/mol. The van der Waals surface area contributed by atoms with E-state index in [0.717, 1.165) is 11.6 Å². The number of alkyl halides is 3. The van der Waals surface area contributed by atoms with E-state index >= 15 is 0 Å². The summed E-state index contributed by atoms with van der Waals surface area (Å²) >= 11 is 0. The molecule has 1 aliphatic rings. The molecule has 1 amide bonds. The highest BCUT2D eigenvalue weighted by Gasteiger charge is 2.40. The van der Waals surface area contributed by atoms with Crippen molar-refractivity contribution in [1.82, 2.24) is 0 Å². The number of amides is 1. The van der Waals surface area contributed by atoms with Crippen LogP contribution >= 0.6 is 0 Å². The third-order valence-corrected chi connectivity index (χ3v) is 5.34. The zero-order chi connectivity index (χ0) is 22.1. The van der Waals surface area contributed by atoms with Crippen LogP contribution < -0.4 is 10.9 Å². The van der Waals surface area contributed by atoms with Crippen molar-refractivity contribution in [3.63, 3.8) is 0 Å². The van der Waals surface area contributed by atoms with Crippen LogP contribution in [0.5, 0.6) is 0 Å². The number of halogens is 3. The van der Waals surface area contributed by atoms with Crippen molar-refractivity contribution < 1.29 is 26.4 Å². The van der Waals surface area contributed by atoms with Gasteiger partial charge in [0, 0.05) is 12.0 Å². The Hall–Kier alpha value is -3.12. The van der Waals surface area contributed by atoms with Gasteiger partial charge in [-0.2, -0.15) is 18.3 Å². The van der Waals surface area contributed by atoms with Crippen LogP contribution in [0.2, 0.25) is 0 Å². The molecule has 0 spiro atoms. The summed E-state index contributed by atoms with van der Waals surface area (Å²) in [6.07, 6.45) is -4.44. The summed E-state index contributed by atoms with van der Waals surface area (Å²) < 4.78 is 64.9. The number of primary sulfonamides is 1. The largest absolute Gasteiger partial charge is 0.417 e. The number of benzene rings is 2. The Bertz CT molecular complexity index is 1160. The summed E-state index contributed by atoms with van der Waals surface area (Å²) in [5.74, 6) is -0.718. The molecule has 3 rings (SSSR count). The molecule has 0 fully saturated rings. The summed E-state index contributed by atoms with van der Waals surface area (Å²) in [4.78, 5) is 13.7. The first-order valence-corrected chi connectivity index (χ1v) is 10.1. The highest BCUT2D eigenvalue weighted by molar-refractivity contribution is 7.89. The molecule has 0 aliphatic carbocycles. The second-order valence-electron chi connectivity index (χ2n) is 6.44. The van der Waals surface area contributed by atoms with Crippen molar-refractivity contribution in [1.29, 1.82) is 0 Å². The predicted octanol–water partition coefficient (Wildman–Crippen LogP) is 2.61.